The molecule has 3 fully saturated rings. The number of hydrogen-bond acceptors (Lipinski definition) is 0. The fourth-order valence-electron chi connectivity index (χ4n) is 7.09. The second-order valence-corrected chi connectivity index (χ2v) is 11.8. The van der Waals surface area contributed by atoms with E-state index in [0.717, 1.165) is 42.1 Å². The predicted octanol–water partition coefficient (Wildman–Crippen LogP) is 10.1. The first kappa shape index (κ1) is 26.7. The number of allylic oxidation sites excluding steroid dienone is 2. The summed E-state index contributed by atoms with van der Waals surface area (Å²) < 4.78 is 66.1. The molecule has 0 saturated heterocycles. The van der Waals surface area contributed by atoms with Crippen LogP contribution in [0.1, 0.15) is 107 Å². The molecular formula is C30H41F5. The molecule has 0 bridgehead atoms. The molecule has 0 aromatic heterocycles. The van der Waals surface area contributed by atoms with Crippen LogP contribution in [0, 0.1) is 35.4 Å². The Morgan fingerprint density at radius 3 is 2.03 bits per heavy atom. The first-order valence-corrected chi connectivity index (χ1v) is 13.9. The maximum atomic E-state index is 14.9. The van der Waals surface area contributed by atoms with E-state index in [1.54, 1.807) is 6.07 Å². The molecule has 0 amide bonds. The largest absolute Gasteiger partial charge is 0.412 e. The number of aryl methyl sites for hydroxylation is 1. The van der Waals surface area contributed by atoms with Crippen LogP contribution in [0.2, 0.25) is 0 Å². The number of hydrogen-bond donors (Lipinski definition) is 0. The molecule has 1 aromatic carbocycles. The Morgan fingerprint density at radius 2 is 1.46 bits per heavy atom. The van der Waals surface area contributed by atoms with Crippen molar-refractivity contribution < 1.29 is 22.0 Å². The van der Waals surface area contributed by atoms with Crippen molar-refractivity contribution in [1.82, 2.24) is 0 Å². The van der Waals surface area contributed by atoms with Crippen LogP contribution in [0.15, 0.2) is 30.1 Å². The zero-order valence-corrected chi connectivity index (χ0v) is 21.1. The van der Waals surface area contributed by atoms with E-state index in [1.165, 1.54) is 51.4 Å². The lowest BCUT2D eigenvalue weighted by Crippen LogP contribution is -2.25. The third-order valence-electron chi connectivity index (χ3n) is 9.38. The summed E-state index contributed by atoms with van der Waals surface area (Å²) >= 11 is 0. The van der Waals surface area contributed by atoms with Gasteiger partial charge in [0.05, 0.1) is 6.08 Å². The average molecular weight is 497 g/mol. The highest BCUT2D eigenvalue weighted by Crippen LogP contribution is 2.43. The van der Waals surface area contributed by atoms with Crippen molar-refractivity contribution in [2.45, 2.75) is 109 Å². The predicted molar refractivity (Wildman–Crippen MR) is 131 cm³/mol. The fourth-order valence-corrected chi connectivity index (χ4v) is 7.09. The Balaban J connectivity index is 1.22. The lowest BCUT2D eigenvalue weighted by molar-refractivity contribution is -0.0820. The van der Waals surface area contributed by atoms with Gasteiger partial charge in [-0.15, -0.1) is 0 Å². The van der Waals surface area contributed by atoms with Gasteiger partial charge >= 0.3 is 6.18 Å². The van der Waals surface area contributed by atoms with Crippen molar-refractivity contribution in [2.24, 2.45) is 29.6 Å². The van der Waals surface area contributed by atoms with E-state index < -0.39 is 17.9 Å². The molecule has 0 radical (unpaired) electrons. The minimum atomic E-state index is -4.63. The van der Waals surface area contributed by atoms with Crippen LogP contribution in [0.4, 0.5) is 22.0 Å². The van der Waals surface area contributed by atoms with Crippen LogP contribution in [-0.4, -0.2) is 6.18 Å². The summed E-state index contributed by atoms with van der Waals surface area (Å²) in [7, 11) is 0. The monoisotopic (exact) mass is 496 g/mol. The summed E-state index contributed by atoms with van der Waals surface area (Å²) in [5, 5.41) is 0. The minimum Gasteiger partial charge on any atom is -0.212 e. The summed E-state index contributed by atoms with van der Waals surface area (Å²) in [5.74, 6) is 1.47. The summed E-state index contributed by atoms with van der Waals surface area (Å²) in [6, 6.07) is 5.53. The van der Waals surface area contributed by atoms with Gasteiger partial charge in [0.1, 0.15) is 11.6 Å². The van der Waals surface area contributed by atoms with Gasteiger partial charge in [-0.25, -0.2) is 8.78 Å². The molecule has 0 N–H and O–H groups in total. The van der Waals surface area contributed by atoms with E-state index in [0.29, 0.717) is 31.2 Å². The van der Waals surface area contributed by atoms with Gasteiger partial charge in [-0.2, -0.15) is 13.2 Å². The molecule has 196 valence electrons. The summed E-state index contributed by atoms with van der Waals surface area (Å²) in [6.45, 7) is 2.38. The molecule has 0 unspecified atom stereocenters. The minimum absolute atomic E-state index is 0.0444. The molecule has 0 spiro atoms. The Kier molecular flexibility index (Phi) is 8.97. The molecule has 0 atom stereocenters. The molecule has 0 nitrogen and oxygen atoms in total. The Bertz CT molecular complexity index is 833. The van der Waals surface area contributed by atoms with Crippen LogP contribution >= 0.6 is 0 Å². The van der Waals surface area contributed by atoms with Gasteiger partial charge in [0, 0.05) is 5.92 Å². The van der Waals surface area contributed by atoms with E-state index in [2.05, 4.69) is 6.92 Å². The SMILES string of the molecule is CC1CCC(C2CCC(CCc3ccc(C4CCC(/C(F)=C/C(F)(F)F)CC4)c(F)c3)CC2)CC1. The van der Waals surface area contributed by atoms with Crippen molar-refractivity contribution in [3.05, 3.63) is 47.0 Å². The van der Waals surface area contributed by atoms with E-state index in [1.807, 2.05) is 12.1 Å². The van der Waals surface area contributed by atoms with Gasteiger partial charge in [0.15, 0.2) is 0 Å². The molecule has 5 heteroatoms. The number of alkyl halides is 3. The number of benzene rings is 1. The molecule has 3 saturated carbocycles. The molecular weight excluding hydrogens is 455 g/mol. The maximum absolute atomic E-state index is 14.9. The van der Waals surface area contributed by atoms with Gasteiger partial charge < -0.3 is 0 Å². The van der Waals surface area contributed by atoms with Gasteiger partial charge in [0.2, 0.25) is 0 Å². The molecule has 3 aliphatic rings. The summed E-state index contributed by atoms with van der Waals surface area (Å²) in [6.07, 6.45) is 9.82. The quantitative estimate of drug-likeness (QED) is 0.344. The van der Waals surface area contributed by atoms with Crippen LogP contribution in [0.25, 0.3) is 0 Å². The van der Waals surface area contributed by atoms with Crippen molar-refractivity contribution in [3.8, 4) is 0 Å². The van der Waals surface area contributed by atoms with E-state index in [9.17, 15) is 22.0 Å². The lowest BCUT2D eigenvalue weighted by atomic mass is 9.69. The van der Waals surface area contributed by atoms with Crippen LogP contribution in [-0.2, 0) is 6.42 Å². The van der Waals surface area contributed by atoms with Gasteiger partial charge in [-0.05, 0) is 111 Å². The highest BCUT2D eigenvalue weighted by Gasteiger charge is 2.32. The van der Waals surface area contributed by atoms with Crippen LogP contribution in [0.3, 0.4) is 0 Å². The molecule has 4 rings (SSSR count). The summed E-state index contributed by atoms with van der Waals surface area (Å²) in [5.41, 5.74) is 1.66. The lowest BCUT2D eigenvalue weighted by Gasteiger charge is -2.37. The Hall–Kier alpha value is -1.39. The molecule has 35 heavy (non-hydrogen) atoms. The zero-order valence-electron chi connectivity index (χ0n) is 21.1. The first-order valence-electron chi connectivity index (χ1n) is 13.9. The first-order chi connectivity index (χ1) is 16.7. The standard InChI is InChI=1S/C30H41F5/c1-20-2-9-23(10-3-20)24-11-6-21(7-12-24)4-5-22-8-17-27(28(31)18-22)25-13-15-26(16-14-25)29(32)19-30(33,34)35/h8,17-21,23-26H,2-7,9-16H2,1H3/b29-19-. The maximum Gasteiger partial charge on any atom is 0.412 e. The van der Waals surface area contributed by atoms with E-state index in [4.69, 9.17) is 0 Å². The van der Waals surface area contributed by atoms with Crippen molar-refractivity contribution >= 4 is 0 Å². The van der Waals surface area contributed by atoms with E-state index in [-0.39, 0.29) is 17.8 Å². The van der Waals surface area contributed by atoms with Crippen molar-refractivity contribution in [3.63, 3.8) is 0 Å². The fraction of sp³-hybridized carbons (Fsp3) is 0.733. The molecule has 0 heterocycles. The zero-order chi connectivity index (χ0) is 25.0. The summed E-state index contributed by atoms with van der Waals surface area (Å²) in [4.78, 5) is 0. The van der Waals surface area contributed by atoms with Crippen molar-refractivity contribution in [2.75, 3.05) is 0 Å². The van der Waals surface area contributed by atoms with E-state index >= 15 is 0 Å². The normalized spacial score (nSPS) is 33.0. The second kappa shape index (κ2) is 11.8. The van der Waals surface area contributed by atoms with Crippen LogP contribution in [0.5, 0.6) is 0 Å². The van der Waals surface area contributed by atoms with Crippen molar-refractivity contribution in [1.29, 1.82) is 0 Å². The molecule has 3 aliphatic carbocycles. The number of halogens is 5. The van der Waals surface area contributed by atoms with Gasteiger partial charge in [-0.3, -0.25) is 0 Å². The number of rotatable bonds is 6. The average Bonchev–Trinajstić information content (AvgIpc) is 2.83. The third kappa shape index (κ3) is 7.55. The molecule has 0 aliphatic heterocycles. The highest BCUT2D eigenvalue weighted by molar-refractivity contribution is 5.28. The molecule has 1 aromatic rings. The van der Waals surface area contributed by atoms with Gasteiger partial charge in [-0.1, -0.05) is 44.7 Å². The van der Waals surface area contributed by atoms with Crippen LogP contribution < -0.4 is 0 Å². The topological polar surface area (TPSA) is 0 Å². The Labute approximate surface area is 207 Å². The third-order valence-corrected chi connectivity index (χ3v) is 9.38. The second-order valence-electron chi connectivity index (χ2n) is 11.8. The Morgan fingerprint density at radius 1 is 0.857 bits per heavy atom. The smallest absolute Gasteiger partial charge is 0.212 e. The van der Waals surface area contributed by atoms with Gasteiger partial charge in [0.25, 0.3) is 0 Å². The highest BCUT2D eigenvalue weighted by atomic mass is 19.4.